The Morgan fingerprint density at radius 2 is 1.65 bits per heavy atom. The zero-order valence-electron chi connectivity index (χ0n) is 17.6. The summed E-state index contributed by atoms with van der Waals surface area (Å²) in [6.45, 7) is 10.2. The summed E-state index contributed by atoms with van der Waals surface area (Å²) in [6, 6.07) is 4.37. The first kappa shape index (κ1) is 18.2. The maximum absolute atomic E-state index is 5.90. The first-order valence-electron chi connectivity index (χ1n) is 10.5. The highest BCUT2D eigenvalue weighted by Gasteiger charge is 2.60. The minimum atomic E-state index is 0.226. The van der Waals surface area contributed by atoms with Gasteiger partial charge in [-0.15, -0.1) is 0 Å². The third kappa shape index (κ3) is 2.36. The maximum Gasteiger partial charge on any atom is 0.126 e. The van der Waals surface area contributed by atoms with Crippen LogP contribution in [0.2, 0.25) is 0 Å². The second-order valence-electron chi connectivity index (χ2n) is 10.3. The molecule has 0 amide bonds. The Morgan fingerprint density at radius 3 is 2.35 bits per heavy atom. The molecule has 0 spiro atoms. The van der Waals surface area contributed by atoms with E-state index in [-0.39, 0.29) is 5.41 Å². The van der Waals surface area contributed by atoms with Crippen molar-refractivity contribution in [1.82, 2.24) is 0 Å². The van der Waals surface area contributed by atoms with E-state index in [2.05, 4.69) is 39.8 Å². The normalized spacial score (nSPS) is 37.9. The monoisotopic (exact) mass is 356 g/mol. The number of ether oxygens (including phenoxy) is 2. The number of aryl methyl sites for hydroxylation is 1. The van der Waals surface area contributed by atoms with Gasteiger partial charge in [0, 0.05) is 11.6 Å². The molecule has 4 rings (SSSR count). The predicted octanol–water partition coefficient (Wildman–Crippen LogP) is 6.15. The van der Waals surface area contributed by atoms with Crippen molar-refractivity contribution in [3.63, 3.8) is 0 Å². The van der Waals surface area contributed by atoms with Gasteiger partial charge in [-0.05, 0) is 78.2 Å². The number of benzene rings is 1. The fraction of sp³-hybridized carbons (Fsp3) is 0.750. The average molecular weight is 357 g/mol. The first-order valence-corrected chi connectivity index (χ1v) is 10.5. The van der Waals surface area contributed by atoms with Gasteiger partial charge >= 0.3 is 0 Å². The molecule has 0 unspecified atom stereocenters. The van der Waals surface area contributed by atoms with Crippen LogP contribution in [-0.4, -0.2) is 14.2 Å². The van der Waals surface area contributed by atoms with Crippen molar-refractivity contribution in [2.24, 2.45) is 22.7 Å². The van der Waals surface area contributed by atoms with Crippen LogP contribution in [0.1, 0.15) is 77.3 Å². The van der Waals surface area contributed by atoms with E-state index in [1.165, 1.54) is 49.7 Å². The van der Waals surface area contributed by atoms with Gasteiger partial charge in [-0.1, -0.05) is 34.1 Å². The Morgan fingerprint density at radius 1 is 0.885 bits per heavy atom. The molecule has 0 heterocycles. The Hall–Kier alpha value is -1.18. The molecule has 0 radical (unpaired) electrons. The lowest BCUT2D eigenvalue weighted by Crippen LogP contribution is -2.57. The Kier molecular flexibility index (Phi) is 4.13. The molecule has 1 aromatic rings. The molecule has 0 saturated heterocycles. The Labute approximate surface area is 159 Å². The van der Waals surface area contributed by atoms with Crippen LogP contribution in [0.5, 0.6) is 11.5 Å². The van der Waals surface area contributed by atoms with Gasteiger partial charge < -0.3 is 9.47 Å². The number of fused-ring (bicyclic) bond motifs is 5. The summed E-state index contributed by atoms with van der Waals surface area (Å²) >= 11 is 0. The largest absolute Gasteiger partial charge is 0.497 e. The van der Waals surface area contributed by atoms with Crippen LogP contribution in [0, 0.1) is 22.7 Å². The second-order valence-corrected chi connectivity index (χ2v) is 10.3. The summed E-state index contributed by atoms with van der Waals surface area (Å²) < 4.78 is 11.4. The molecule has 0 bridgehead atoms. The van der Waals surface area contributed by atoms with E-state index in [1.807, 2.05) is 7.11 Å². The van der Waals surface area contributed by atoms with Crippen molar-refractivity contribution in [2.75, 3.05) is 14.2 Å². The van der Waals surface area contributed by atoms with E-state index in [1.54, 1.807) is 7.11 Å². The van der Waals surface area contributed by atoms with Crippen molar-refractivity contribution in [1.29, 1.82) is 0 Å². The summed E-state index contributed by atoms with van der Waals surface area (Å²) in [5, 5.41) is 0. The molecule has 2 heteroatoms. The minimum absolute atomic E-state index is 0.226. The van der Waals surface area contributed by atoms with Crippen LogP contribution in [0.4, 0.5) is 0 Å². The molecule has 0 N–H and O–H groups in total. The van der Waals surface area contributed by atoms with E-state index in [0.29, 0.717) is 10.8 Å². The summed E-state index contributed by atoms with van der Waals surface area (Å²) in [4.78, 5) is 0. The lowest BCUT2D eigenvalue weighted by Gasteiger charge is -2.64. The average Bonchev–Trinajstić information content (AvgIpc) is 2.59. The van der Waals surface area contributed by atoms with Gasteiger partial charge in [0.05, 0.1) is 14.2 Å². The van der Waals surface area contributed by atoms with Crippen LogP contribution < -0.4 is 9.47 Å². The Balaban J connectivity index is 1.83. The molecule has 26 heavy (non-hydrogen) atoms. The highest BCUT2D eigenvalue weighted by Crippen LogP contribution is 2.67. The second kappa shape index (κ2) is 5.91. The molecule has 2 saturated carbocycles. The van der Waals surface area contributed by atoms with Crippen molar-refractivity contribution in [3.05, 3.63) is 23.3 Å². The van der Waals surface area contributed by atoms with Crippen LogP contribution >= 0.6 is 0 Å². The van der Waals surface area contributed by atoms with Crippen LogP contribution in [-0.2, 0) is 11.8 Å². The molecule has 144 valence electrons. The third-order valence-corrected chi connectivity index (χ3v) is 8.68. The quantitative estimate of drug-likeness (QED) is 0.632. The van der Waals surface area contributed by atoms with E-state index in [0.717, 1.165) is 29.8 Å². The van der Waals surface area contributed by atoms with Gasteiger partial charge in [0.15, 0.2) is 0 Å². The summed E-state index contributed by atoms with van der Waals surface area (Å²) in [6.07, 6.45) is 9.29. The molecule has 2 nitrogen and oxygen atoms in total. The van der Waals surface area contributed by atoms with E-state index in [9.17, 15) is 0 Å². The fourth-order valence-corrected chi connectivity index (χ4v) is 7.67. The van der Waals surface area contributed by atoms with Crippen molar-refractivity contribution in [3.8, 4) is 11.5 Å². The van der Waals surface area contributed by atoms with Crippen LogP contribution in [0.25, 0.3) is 0 Å². The van der Waals surface area contributed by atoms with E-state index < -0.39 is 0 Å². The van der Waals surface area contributed by atoms with Crippen molar-refractivity contribution in [2.45, 2.75) is 78.1 Å². The van der Waals surface area contributed by atoms with Gasteiger partial charge in [-0.3, -0.25) is 0 Å². The first-order chi connectivity index (χ1) is 12.3. The van der Waals surface area contributed by atoms with E-state index >= 15 is 0 Å². The summed E-state index contributed by atoms with van der Waals surface area (Å²) in [7, 11) is 3.57. The fourth-order valence-electron chi connectivity index (χ4n) is 7.67. The number of methoxy groups -OCH3 is 2. The maximum atomic E-state index is 5.90. The minimum Gasteiger partial charge on any atom is -0.497 e. The standard InChI is InChI=1S/C24H36O2/c1-22(2)11-7-12-23(3)19(22)10-13-24(4)20(23)9-8-16-14-17(25-5)15-18(26-6)21(16)24/h14-15,19-20H,7-13H2,1-6H3/t19-,20+,23-,24+/m0/s1. The molecule has 0 aliphatic heterocycles. The predicted molar refractivity (Wildman–Crippen MR) is 107 cm³/mol. The SMILES string of the molecule is COc1cc2c(c(OC)c1)[C@]1(C)CC[C@H]3C(C)(C)CCC[C@]3(C)[C@H]1CC2. The highest BCUT2D eigenvalue weighted by atomic mass is 16.5. The molecule has 2 fully saturated rings. The summed E-state index contributed by atoms with van der Waals surface area (Å²) in [5.74, 6) is 3.58. The Bertz CT molecular complexity index is 689. The van der Waals surface area contributed by atoms with Gasteiger partial charge in [0.2, 0.25) is 0 Å². The zero-order valence-corrected chi connectivity index (χ0v) is 17.6. The van der Waals surface area contributed by atoms with Crippen molar-refractivity contribution >= 4 is 0 Å². The van der Waals surface area contributed by atoms with Crippen molar-refractivity contribution < 1.29 is 9.47 Å². The molecular formula is C24H36O2. The topological polar surface area (TPSA) is 18.5 Å². The molecule has 0 aromatic heterocycles. The van der Waals surface area contributed by atoms with Gasteiger partial charge in [-0.25, -0.2) is 0 Å². The number of hydrogen-bond acceptors (Lipinski definition) is 2. The molecular weight excluding hydrogens is 320 g/mol. The molecule has 1 aromatic carbocycles. The molecule has 3 aliphatic carbocycles. The smallest absolute Gasteiger partial charge is 0.126 e. The lowest BCUT2D eigenvalue weighted by atomic mass is 9.40. The summed E-state index contributed by atoms with van der Waals surface area (Å²) in [5.41, 5.74) is 4.11. The van der Waals surface area contributed by atoms with Gasteiger partial charge in [0.1, 0.15) is 11.5 Å². The lowest BCUT2D eigenvalue weighted by molar-refractivity contribution is -0.110. The highest BCUT2D eigenvalue weighted by molar-refractivity contribution is 5.53. The number of hydrogen-bond donors (Lipinski definition) is 0. The molecule has 4 atom stereocenters. The van der Waals surface area contributed by atoms with Crippen LogP contribution in [0.3, 0.4) is 0 Å². The third-order valence-electron chi connectivity index (χ3n) is 8.68. The zero-order chi connectivity index (χ0) is 18.7. The molecule has 3 aliphatic rings. The van der Waals surface area contributed by atoms with Gasteiger partial charge in [0.25, 0.3) is 0 Å². The van der Waals surface area contributed by atoms with Crippen LogP contribution in [0.15, 0.2) is 12.1 Å². The van der Waals surface area contributed by atoms with E-state index in [4.69, 9.17) is 9.47 Å². The number of rotatable bonds is 2. The van der Waals surface area contributed by atoms with Gasteiger partial charge in [-0.2, -0.15) is 0 Å².